The summed E-state index contributed by atoms with van der Waals surface area (Å²) in [6.07, 6.45) is 0. The topological polar surface area (TPSA) is 71.2 Å². The highest BCUT2D eigenvalue weighted by atomic mass is 32.2. The Morgan fingerprint density at radius 1 is 1.08 bits per heavy atom. The van der Waals surface area contributed by atoms with E-state index in [2.05, 4.69) is 63.0 Å². The molecule has 1 aromatic heterocycles. The zero-order valence-electron chi connectivity index (χ0n) is 14.2. The SMILES string of the molecule is CC(SCc1ccccc1)c1nc(N)nc(N2CCN(C)CC2)n1. The van der Waals surface area contributed by atoms with Crippen molar-refractivity contribution in [3.8, 4) is 0 Å². The van der Waals surface area contributed by atoms with Gasteiger partial charge in [-0.3, -0.25) is 0 Å². The summed E-state index contributed by atoms with van der Waals surface area (Å²) in [5, 5.41) is 0.168. The summed E-state index contributed by atoms with van der Waals surface area (Å²) in [5.74, 6) is 2.70. The Morgan fingerprint density at radius 2 is 1.79 bits per heavy atom. The van der Waals surface area contributed by atoms with Gasteiger partial charge in [0.25, 0.3) is 0 Å². The Kier molecular flexibility index (Phi) is 5.52. The van der Waals surface area contributed by atoms with E-state index in [0.29, 0.717) is 11.9 Å². The summed E-state index contributed by atoms with van der Waals surface area (Å²) in [6, 6.07) is 10.4. The van der Waals surface area contributed by atoms with Gasteiger partial charge >= 0.3 is 0 Å². The van der Waals surface area contributed by atoms with Crippen LogP contribution in [0.5, 0.6) is 0 Å². The lowest BCUT2D eigenvalue weighted by Crippen LogP contribution is -2.45. The molecule has 1 fully saturated rings. The molecule has 1 atom stereocenters. The Balaban J connectivity index is 1.68. The minimum atomic E-state index is 0.168. The molecule has 128 valence electrons. The van der Waals surface area contributed by atoms with Crippen molar-refractivity contribution in [2.45, 2.75) is 17.9 Å². The number of aromatic nitrogens is 3. The first kappa shape index (κ1) is 17.0. The minimum Gasteiger partial charge on any atom is -0.368 e. The predicted octanol–water partition coefficient (Wildman–Crippen LogP) is 2.20. The van der Waals surface area contributed by atoms with Crippen LogP contribution < -0.4 is 10.6 Å². The molecule has 3 rings (SSSR count). The molecule has 0 aliphatic carbocycles. The van der Waals surface area contributed by atoms with Crippen molar-refractivity contribution in [1.82, 2.24) is 19.9 Å². The molecule has 2 N–H and O–H groups in total. The Labute approximate surface area is 147 Å². The van der Waals surface area contributed by atoms with Crippen molar-refractivity contribution < 1.29 is 0 Å². The van der Waals surface area contributed by atoms with Crippen molar-refractivity contribution in [1.29, 1.82) is 0 Å². The first-order valence-corrected chi connectivity index (χ1v) is 9.27. The third-order valence-corrected chi connectivity index (χ3v) is 5.36. The molecule has 2 aromatic rings. The van der Waals surface area contributed by atoms with E-state index in [1.807, 2.05) is 17.8 Å². The molecule has 1 aliphatic heterocycles. The number of nitrogens with two attached hydrogens (primary N) is 1. The van der Waals surface area contributed by atoms with Gasteiger partial charge in [0.1, 0.15) is 5.82 Å². The molecule has 1 unspecified atom stereocenters. The number of rotatable bonds is 5. The fourth-order valence-electron chi connectivity index (χ4n) is 2.60. The Bertz CT molecular complexity index is 657. The molecule has 0 amide bonds. The van der Waals surface area contributed by atoms with Gasteiger partial charge in [-0.1, -0.05) is 30.3 Å². The van der Waals surface area contributed by atoms with Crippen LogP contribution >= 0.6 is 11.8 Å². The van der Waals surface area contributed by atoms with Crippen molar-refractivity contribution in [2.75, 3.05) is 43.9 Å². The largest absolute Gasteiger partial charge is 0.368 e. The fraction of sp³-hybridized carbons (Fsp3) is 0.471. The molecular formula is C17H24N6S. The van der Waals surface area contributed by atoms with E-state index >= 15 is 0 Å². The quantitative estimate of drug-likeness (QED) is 0.891. The molecule has 1 saturated heterocycles. The van der Waals surface area contributed by atoms with Gasteiger partial charge in [-0.25, -0.2) is 0 Å². The molecule has 0 radical (unpaired) electrons. The standard InChI is InChI=1S/C17H24N6S/c1-13(24-12-14-6-4-3-5-7-14)15-19-16(18)21-17(20-15)23-10-8-22(2)9-11-23/h3-7,13H,8-12H2,1-2H3,(H2,18,19,20,21). The summed E-state index contributed by atoms with van der Waals surface area (Å²) in [4.78, 5) is 17.9. The number of nitrogens with zero attached hydrogens (tertiary/aromatic N) is 5. The smallest absolute Gasteiger partial charge is 0.230 e. The lowest BCUT2D eigenvalue weighted by molar-refractivity contribution is 0.311. The summed E-state index contributed by atoms with van der Waals surface area (Å²) in [6.45, 7) is 5.99. The van der Waals surface area contributed by atoms with Crippen LogP contribution in [0, 0.1) is 0 Å². The average Bonchev–Trinajstić information content (AvgIpc) is 2.60. The summed E-state index contributed by atoms with van der Waals surface area (Å²) < 4.78 is 0. The van der Waals surface area contributed by atoms with Crippen LogP contribution in [0.25, 0.3) is 0 Å². The van der Waals surface area contributed by atoms with Crippen LogP contribution in [0.1, 0.15) is 23.6 Å². The molecule has 0 spiro atoms. The lowest BCUT2D eigenvalue weighted by atomic mass is 10.2. The molecule has 1 aliphatic rings. The molecular weight excluding hydrogens is 320 g/mol. The highest BCUT2D eigenvalue weighted by Gasteiger charge is 2.19. The van der Waals surface area contributed by atoms with E-state index < -0.39 is 0 Å². The van der Waals surface area contributed by atoms with E-state index in [-0.39, 0.29) is 5.25 Å². The van der Waals surface area contributed by atoms with E-state index in [1.54, 1.807) is 0 Å². The molecule has 0 bridgehead atoms. The molecule has 1 aromatic carbocycles. The van der Waals surface area contributed by atoms with Crippen molar-refractivity contribution in [3.05, 3.63) is 41.7 Å². The van der Waals surface area contributed by atoms with Crippen LogP contribution in [0.3, 0.4) is 0 Å². The van der Waals surface area contributed by atoms with E-state index in [1.165, 1.54) is 5.56 Å². The maximum absolute atomic E-state index is 5.93. The summed E-state index contributed by atoms with van der Waals surface area (Å²) in [7, 11) is 2.13. The molecule has 2 heterocycles. The van der Waals surface area contributed by atoms with Crippen LogP contribution in [0.15, 0.2) is 30.3 Å². The summed E-state index contributed by atoms with van der Waals surface area (Å²) in [5.41, 5.74) is 7.23. The van der Waals surface area contributed by atoms with Gasteiger partial charge in [-0.05, 0) is 19.5 Å². The number of likely N-dealkylation sites (N-methyl/N-ethyl adjacent to an activating group) is 1. The second-order valence-electron chi connectivity index (χ2n) is 6.08. The number of nitrogen functional groups attached to an aromatic ring is 1. The van der Waals surface area contributed by atoms with Crippen molar-refractivity contribution in [3.63, 3.8) is 0 Å². The van der Waals surface area contributed by atoms with Gasteiger partial charge in [0.05, 0.1) is 5.25 Å². The molecule has 0 saturated carbocycles. The Morgan fingerprint density at radius 3 is 2.50 bits per heavy atom. The molecule has 7 heteroatoms. The minimum absolute atomic E-state index is 0.168. The number of thioether (sulfide) groups is 1. The van der Waals surface area contributed by atoms with Crippen molar-refractivity contribution in [2.24, 2.45) is 0 Å². The van der Waals surface area contributed by atoms with Gasteiger partial charge in [-0.15, -0.1) is 11.8 Å². The second kappa shape index (κ2) is 7.81. The second-order valence-corrected chi connectivity index (χ2v) is 7.41. The maximum Gasteiger partial charge on any atom is 0.230 e. The normalized spacial score (nSPS) is 17.0. The van der Waals surface area contributed by atoms with Crippen molar-refractivity contribution >= 4 is 23.7 Å². The fourth-order valence-corrected chi connectivity index (χ4v) is 3.49. The highest BCUT2D eigenvalue weighted by Crippen LogP contribution is 2.29. The number of hydrogen-bond donors (Lipinski definition) is 1. The zero-order valence-corrected chi connectivity index (χ0v) is 15.0. The van der Waals surface area contributed by atoms with Crippen LogP contribution in [0.2, 0.25) is 0 Å². The van der Waals surface area contributed by atoms with Crippen LogP contribution in [-0.2, 0) is 5.75 Å². The van der Waals surface area contributed by atoms with Gasteiger partial charge in [-0.2, -0.15) is 15.0 Å². The Hall–Kier alpha value is -1.86. The van der Waals surface area contributed by atoms with Crippen LogP contribution in [0.4, 0.5) is 11.9 Å². The lowest BCUT2D eigenvalue weighted by Gasteiger charge is -2.32. The number of anilines is 2. The third-order valence-electron chi connectivity index (χ3n) is 4.15. The van der Waals surface area contributed by atoms with Gasteiger partial charge in [0.15, 0.2) is 0 Å². The highest BCUT2D eigenvalue weighted by molar-refractivity contribution is 7.98. The number of benzene rings is 1. The monoisotopic (exact) mass is 344 g/mol. The van der Waals surface area contributed by atoms with Gasteiger partial charge in [0, 0.05) is 31.9 Å². The number of piperazine rings is 1. The average molecular weight is 344 g/mol. The van der Waals surface area contributed by atoms with E-state index in [0.717, 1.165) is 37.8 Å². The number of hydrogen-bond acceptors (Lipinski definition) is 7. The maximum atomic E-state index is 5.93. The van der Waals surface area contributed by atoms with E-state index in [4.69, 9.17) is 5.73 Å². The first-order valence-electron chi connectivity index (χ1n) is 8.22. The molecule has 24 heavy (non-hydrogen) atoms. The van der Waals surface area contributed by atoms with Gasteiger partial charge < -0.3 is 15.5 Å². The first-order chi connectivity index (χ1) is 11.6. The third kappa shape index (κ3) is 4.36. The zero-order chi connectivity index (χ0) is 16.9. The predicted molar refractivity (Wildman–Crippen MR) is 100 cm³/mol. The molecule has 6 nitrogen and oxygen atoms in total. The van der Waals surface area contributed by atoms with E-state index in [9.17, 15) is 0 Å². The summed E-state index contributed by atoms with van der Waals surface area (Å²) >= 11 is 1.81. The van der Waals surface area contributed by atoms with Gasteiger partial charge in [0.2, 0.25) is 11.9 Å². The van der Waals surface area contributed by atoms with Crippen LogP contribution in [-0.4, -0.2) is 53.1 Å².